The van der Waals surface area contributed by atoms with Gasteiger partial charge in [-0.3, -0.25) is 9.59 Å². The third-order valence-electron chi connectivity index (χ3n) is 2.88. The van der Waals surface area contributed by atoms with Crippen LogP contribution in [0.4, 0.5) is 19.3 Å². The summed E-state index contributed by atoms with van der Waals surface area (Å²) in [6.45, 7) is 0.380. The zero-order valence-electron chi connectivity index (χ0n) is 11.2. The van der Waals surface area contributed by atoms with E-state index in [4.69, 9.17) is 0 Å². The molecular formula is C12H12F2N2O4S2. The second-order valence-electron chi connectivity index (χ2n) is 4.41. The Morgan fingerprint density at radius 1 is 1.32 bits per heavy atom. The van der Waals surface area contributed by atoms with E-state index in [2.05, 4.69) is 5.32 Å². The smallest absolute Gasteiger partial charge is 0.325 e. The van der Waals surface area contributed by atoms with E-state index in [0.717, 1.165) is 23.9 Å². The number of sulfone groups is 1. The van der Waals surface area contributed by atoms with Crippen molar-refractivity contribution >= 4 is 38.4 Å². The van der Waals surface area contributed by atoms with Crippen molar-refractivity contribution in [1.29, 1.82) is 0 Å². The quantitative estimate of drug-likeness (QED) is 0.875. The number of thioether (sulfide) groups is 1. The fraction of sp³-hybridized carbons (Fsp3) is 0.333. The Bertz CT molecular complexity index is 677. The monoisotopic (exact) mass is 350 g/mol. The van der Waals surface area contributed by atoms with E-state index in [0.29, 0.717) is 12.3 Å². The van der Waals surface area contributed by atoms with Crippen LogP contribution in [0.3, 0.4) is 0 Å². The fourth-order valence-corrected chi connectivity index (χ4v) is 3.32. The van der Waals surface area contributed by atoms with E-state index >= 15 is 0 Å². The average Bonchev–Trinajstić information content (AvgIpc) is 2.84. The standard InChI is InChI=1S/C12H12F2N2O4S2/c13-11(14)22(19,20)9-3-1-8(2-4-9)15-10(17)7-16-5-6-21-12(16)18/h1-4,11H,5-7H2,(H,15,17). The molecule has 0 aliphatic carbocycles. The number of halogens is 2. The zero-order valence-corrected chi connectivity index (χ0v) is 12.8. The van der Waals surface area contributed by atoms with Crippen molar-refractivity contribution in [1.82, 2.24) is 4.90 Å². The maximum Gasteiger partial charge on any atom is 0.341 e. The number of hydrogen-bond donors (Lipinski definition) is 1. The highest BCUT2D eigenvalue weighted by Crippen LogP contribution is 2.20. The van der Waals surface area contributed by atoms with Gasteiger partial charge >= 0.3 is 5.76 Å². The van der Waals surface area contributed by atoms with Gasteiger partial charge in [-0.15, -0.1) is 0 Å². The number of rotatable bonds is 5. The minimum Gasteiger partial charge on any atom is -0.325 e. The summed E-state index contributed by atoms with van der Waals surface area (Å²) in [5, 5.41) is 2.30. The highest BCUT2D eigenvalue weighted by molar-refractivity contribution is 8.13. The zero-order chi connectivity index (χ0) is 16.3. The first-order chi connectivity index (χ1) is 10.3. The highest BCUT2D eigenvalue weighted by atomic mass is 32.2. The highest BCUT2D eigenvalue weighted by Gasteiger charge is 2.26. The molecule has 0 saturated carbocycles. The number of amides is 2. The topological polar surface area (TPSA) is 83.6 Å². The van der Waals surface area contributed by atoms with Gasteiger partial charge in [0.1, 0.15) is 6.54 Å². The van der Waals surface area contributed by atoms with Crippen LogP contribution in [-0.2, 0) is 14.6 Å². The van der Waals surface area contributed by atoms with E-state index in [1.807, 2.05) is 0 Å². The first-order valence-electron chi connectivity index (χ1n) is 6.14. The largest absolute Gasteiger partial charge is 0.341 e. The SMILES string of the molecule is O=C(CN1CCSC1=O)Nc1ccc(S(=O)(=O)C(F)F)cc1. The molecule has 1 heterocycles. The molecule has 1 saturated heterocycles. The Balaban J connectivity index is 1.99. The van der Waals surface area contributed by atoms with Gasteiger partial charge in [-0.05, 0) is 24.3 Å². The van der Waals surface area contributed by atoms with Crippen molar-refractivity contribution in [2.24, 2.45) is 0 Å². The van der Waals surface area contributed by atoms with Crippen LogP contribution < -0.4 is 5.32 Å². The minimum atomic E-state index is -4.65. The predicted molar refractivity (Wildman–Crippen MR) is 77.7 cm³/mol. The van der Waals surface area contributed by atoms with Gasteiger partial charge in [-0.25, -0.2) is 8.42 Å². The summed E-state index contributed by atoms with van der Waals surface area (Å²) in [7, 11) is -4.65. The van der Waals surface area contributed by atoms with E-state index in [1.165, 1.54) is 17.0 Å². The molecule has 22 heavy (non-hydrogen) atoms. The van der Waals surface area contributed by atoms with Gasteiger partial charge in [0.25, 0.3) is 5.24 Å². The molecule has 1 aromatic carbocycles. The average molecular weight is 350 g/mol. The van der Waals surface area contributed by atoms with Gasteiger partial charge in [0.2, 0.25) is 15.7 Å². The van der Waals surface area contributed by atoms with Crippen molar-refractivity contribution in [2.45, 2.75) is 10.7 Å². The van der Waals surface area contributed by atoms with Crippen molar-refractivity contribution in [3.63, 3.8) is 0 Å². The maximum absolute atomic E-state index is 12.4. The molecule has 1 aromatic rings. The molecule has 1 aliphatic heterocycles. The molecule has 120 valence electrons. The molecule has 10 heteroatoms. The third-order valence-corrected chi connectivity index (χ3v) is 5.17. The summed E-state index contributed by atoms with van der Waals surface area (Å²) in [5.41, 5.74) is 0.262. The van der Waals surface area contributed by atoms with Crippen molar-refractivity contribution in [3.8, 4) is 0 Å². The number of carbonyl (C=O) groups is 2. The predicted octanol–water partition coefficient (Wildman–Crippen LogP) is 1.79. The molecule has 2 rings (SSSR count). The first kappa shape index (κ1) is 16.7. The molecule has 0 spiro atoms. The van der Waals surface area contributed by atoms with Crippen molar-refractivity contribution in [2.75, 3.05) is 24.2 Å². The van der Waals surface area contributed by atoms with Gasteiger partial charge in [0, 0.05) is 18.0 Å². The Labute approximate surface area is 129 Å². The maximum atomic E-state index is 12.4. The van der Waals surface area contributed by atoms with Crippen LogP contribution >= 0.6 is 11.8 Å². The van der Waals surface area contributed by atoms with E-state index in [-0.39, 0.29) is 17.5 Å². The fourth-order valence-electron chi connectivity index (χ4n) is 1.77. The van der Waals surface area contributed by atoms with Crippen LogP contribution in [0.5, 0.6) is 0 Å². The molecule has 6 nitrogen and oxygen atoms in total. The second kappa shape index (κ2) is 6.61. The third kappa shape index (κ3) is 3.74. The lowest BCUT2D eigenvalue weighted by molar-refractivity contribution is -0.116. The molecule has 0 radical (unpaired) electrons. The molecule has 0 aromatic heterocycles. The van der Waals surface area contributed by atoms with Gasteiger partial charge in [-0.2, -0.15) is 8.78 Å². The number of benzene rings is 1. The molecule has 0 bridgehead atoms. The first-order valence-corrected chi connectivity index (χ1v) is 8.67. The number of alkyl halides is 2. The van der Waals surface area contributed by atoms with Crippen molar-refractivity contribution in [3.05, 3.63) is 24.3 Å². The summed E-state index contributed by atoms with van der Waals surface area (Å²) in [6, 6.07) is 4.42. The molecule has 1 fully saturated rings. The molecular weight excluding hydrogens is 338 g/mol. The van der Waals surface area contributed by atoms with E-state index < -0.39 is 26.4 Å². The Hall–Kier alpha value is -1.68. The number of carbonyl (C=O) groups excluding carboxylic acids is 2. The van der Waals surface area contributed by atoms with Crippen LogP contribution in [0.1, 0.15) is 0 Å². The summed E-state index contributed by atoms with van der Waals surface area (Å²) < 4.78 is 47.2. The van der Waals surface area contributed by atoms with Crippen LogP contribution in [0.2, 0.25) is 0 Å². The van der Waals surface area contributed by atoms with Gasteiger partial charge in [0.15, 0.2) is 0 Å². The lowest BCUT2D eigenvalue weighted by Gasteiger charge is -2.14. The number of hydrogen-bond acceptors (Lipinski definition) is 5. The summed E-state index contributed by atoms with van der Waals surface area (Å²) in [6.07, 6.45) is 0. The number of nitrogens with one attached hydrogen (secondary N) is 1. The van der Waals surface area contributed by atoms with Gasteiger partial charge in [-0.1, -0.05) is 11.8 Å². The van der Waals surface area contributed by atoms with Crippen molar-refractivity contribution < 1.29 is 26.8 Å². The van der Waals surface area contributed by atoms with E-state index in [9.17, 15) is 26.8 Å². The second-order valence-corrected chi connectivity index (χ2v) is 7.38. The summed E-state index contributed by atoms with van der Waals surface area (Å²) in [4.78, 5) is 24.0. The Morgan fingerprint density at radius 2 is 1.95 bits per heavy atom. The minimum absolute atomic E-state index is 0.108. The van der Waals surface area contributed by atoms with E-state index in [1.54, 1.807) is 0 Å². The van der Waals surface area contributed by atoms with Gasteiger partial charge < -0.3 is 10.2 Å². The van der Waals surface area contributed by atoms with Crippen LogP contribution in [0.25, 0.3) is 0 Å². The van der Waals surface area contributed by atoms with Crippen LogP contribution in [0.15, 0.2) is 29.2 Å². The lowest BCUT2D eigenvalue weighted by Crippen LogP contribution is -2.33. The molecule has 1 N–H and O–H groups in total. The molecule has 0 unspecified atom stereocenters. The summed E-state index contributed by atoms with van der Waals surface area (Å²) >= 11 is 1.13. The Kier molecular flexibility index (Phi) is 5.01. The Morgan fingerprint density at radius 3 is 2.45 bits per heavy atom. The summed E-state index contributed by atoms with van der Waals surface area (Å²) in [5.74, 6) is -3.31. The molecule has 0 atom stereocenters. The normalized spacial score (nSPS) is 15.4. The molecule has 2 amide bonds. The lowest BCUT2D eigenvalue weighted by atomic mass is 10.3. The van der Waals surface area contributed by atoms with Crippen LogP contribution in [0, 0.1) is 0 Å². The molecule has 1 aliphatic rings. The van der Waals surface area contributed by atoms with Gasteiger partial charge in [0.05, 0.1) is 4.90 Å². The van der Waals surface area contributed by atoms with Crippen LogP contribution in [-0.4, -0.2) is 49.1 Å². The number of nitrogens with zero attached hydrogens (tertiary/aromatic N) is 1. The number of anilines is 1.